The second-order valence-electron chi connectivity index (χ2n) is 6.62. The highest BCUT2D eigenvalue weighted by Gasteiger charge is 2.26. The van der Waals surface area contributed by atoms with Gasteiger partial charge in [0.15, 0.2) is 0 Å². The summed E-state index contributed by atoms with van der Waals surface area (Å²) >= 11 is 0. The van der Waals surface area contributed by atoms with Gasteiger partial charge >= 0.3 is 0 Å². The standard InChI is InChI=1S/C21H21FN2O/c1-2-21(25)24-19-9-8-16(22)12-17(19)18-14-23(11-10-20(18)24)13-15-6-4-3-5-7-15/h3-9,12H,2,10-11,13-14H2,1H3. The summed E-state index contributed by atoms with van der Waals surface area (Å²) in [6.45, 7) is 4.38. The first-order valence-electron chi connectivity index (χ1n) is 8.78. The second-order valence-corrected chi connectivity index (χ2v) is 6.62. The van der Waals surface area contributed by atoms with E-state index < -0.39 is 0 Å². The van der Waals surface area contributed by atoms with E-state index in [0.29, 0.717) is 6.42 Å². The molecule has 1 aromatic heterocycles. The molecule has 2 aromatic carbocycles. The fraction of sp³-hybridized carbons (Fsp3) is 0.286. The van der Waals surface area contributed by atoms with Crippen molar-refractivity contribution in [1.29, 1.82) is 0 Å². The molecule has 0 amide bonds. The number of benzene rings is 2. The van der Waals surface area contributed by atoms with Gasteiger partial charge in [-0.05, 0) is 29.3 Å². The number of rotatable bonds is 3. The van der Waals surface area contributed by atoms with Crippen LogP contribution in [0, 0.1) is 5.82 Å². The molecule has 1 aliphatic heterocycles. The van der Waals surface area contributed by atoms with Crippen LogP contribution in [0.4, 0.5) is 4.39 Å². The highest BCUT2D eigenvalue weighted by Crippen LogP contribution is 2.32. The Kier molecular flexibility index (Phi) is 4.14. The van der Waals surface area contributed by atoms with Crippen LogP contribution in [0.15, 0.2) is 48.5 Å². The fourth-order valence-electron chi connectivity index (χ4n) is 3.81. The van der Waals surface area contributed by atoms with Crippen LogP contribution >= 0.6 is 0 Å². The molecule has 0 spiro atoms. The number of nitrogens with zero attached hydrogens (tertiary/aromatic N) is 2. The van der Waals surface area contributed by atoms with Crippen molar-refractivity contribution in [3.05, 3.63) is 71.2 Å². The average molecular weight is 336 g/mol. The Bertz CT molecular complexity index is 930. The van der Waals surface area contributed by atoms with Gasteiger partial charge in [0.2, 0.25) is 5.91 Å². The average Bonchev–Trinajstić information content (AvgIpc) is 2.95. The number of hydrogen-bond donors (Lipinski definition) is 0. The van der Waals surface area contributed by atoms with Gasteiger partial charge in [0, 0.05) is 43.6 Å². The van der Waals surface area contributed by atoms with Crippen molar-refractivity contribution in [3.8, 4) is 0 Å². The molecule has 0 saturated carbocycles. The Hall–Kier alpha value is -2.46. The molecular weight excluding hydrogens is 315 g/mol. The van der Waals surface area contributed by atoms with E-state index in [1.165, 1.54) is 11.6 Å². The van der Waals surface area contributed by atoms with Crippen LogP contribution in [0.25, 0.3) is 10.9 Å². The van der Waals surface area contributed by atoms with E-state index in [9.17, 15) is 9.18 Å². The molecular formula is C21H21FN2O. The van der Waals surface area contributed by atoms with Crippen molar-refractivity contribution in [1.82, 2.24) is 9.47 Å². The largest absolute Gasteiger partial charge is 0.294 e. The molecule has 0 unspecified atom stereocenters. The van der Waals surface area contributed by atoms with Crippen LogP contribution in [0.2, 0.25) is 0 Å². The summed E-state index contributed by atoms with van der Waals surface area (Å²) in [5.74, 6) is -0.175. The summed E-state index contributed by atoms with van der Waals surface area (Å²) in [6.07, 6.45) is 1.26. The molecule has 4 rings (SSSR count). The van der Waals surface area contributed by atoms with E-state index in [1.54, 1.807) is 12.1 Å². The molecule has 0 saturated heterocycles. The summed E-state index contributed by atoms with van der Waals surface area (Å²) in [5, 5.41) is 0.870. The molecule has 3 aromatic rings. The molecule has 3 nitrogen and oxygen atoms in total. The Morgan fingerprint density at radius 3 is 2.72 bits per heavy atom. The zero-order valence-corrected chi connectivity index (χ0v) is 14.3. The highest BCUT2D eigenvalue weighted by molar-refractivity contribution is 5.96. The van der Waals surface area contributed by atoms with Crippen LogP contribution in [0.5, 0.6) is 0 Å². The SMILES string of the molecule is CCC(=O)n1c2c(c3cc(F)ccc31)CN(Cc1ccccc1)CC2. The highest BCUT2D eigenvalue weighted by atomic mass is 19.1. The van der Waals surface area contributed by atoms with E-state index in [1.807, 2.05) is 29.7 Å². The number of carbonyl (C=O) groups excluding carboxylic acids is 1. The minimum absolute atomic E-state index is 0.0781. The Morgan fingerprint density at radius 1 is 1.16 bits per heavy atom. The van der Waals surface area contributed by atoms with Gasteiger partial charge in [-0.15, -0.1) is 0 Å². The summed E-state index contributed by atoms with van der Waals surface area (Å²) in [6, 6.07) is 15.1. The first kappa shape index (κ1) is 16.0. The summed E-state index contributed by atoms with van der Waals surface area (Å²) in [5.41, 5.74) is 4.25. The zero-order valence-electron chi connectivity index (χ0n) is 14.3. The monoisotopic (exact) mass is 336 g/mol. The minimum atomic E-state index is -0.253. The first-order chi connectivity index (χ1) is 12.2. The maximum Gasteiger partial charge on any atom is 0.231 e. The number of hydrogen-bond acceptors (Lipinski definition) is 2. The quantitative estimate of drug-likeness (QED) is 0.709. The van der Waals surface area contributed by atoms with Crippen LogP contribution < -0.4 is 0 Å². The van der Waals surface area contributed by atoms with Gasteiger partial charge in [0.05, 0.1) is 5.52 Å². The van der Waals surface area contributed by atoms with Crippen LogP contribution in [0.3, 0.4) is 0 Å². The topological polar surface area (TPSA) is 25.2 Å². The molecule has 0 bridgehead atoms. The van der Waals surface area contributed by atoms with Crippen molar-refractivity contribution in [3.63, 3.8) is 0 Å². The van der Waals surface area contributed by atoms with Crippen LogP contribution in [0.1, 0.15) is 35.0 Å². The Balaban J connectivity index is 1.75. The van der Waals surface area contributed by atoms with Crippen molar-refractivity contribution in [2.45, 2.75) is 32.9 Å². The smallest absolute Gasteiger partial charge is 0.231 e. The van der Waals surface area contributed by atoms with Gasteiger partial charge in [-0.3, -0.25) is 14.3 Å². The molecule has 0 fully saturated rings. The summed E-state index contributed by atoms with van der Waals surface area (Å²) in [7, 11) is 0. The van der Waals surface area contributed by atoms with E-state index >= 15 is 0 Å². The van der Waals surface area contributed by atoms with Crippen LogP contribution in [-0.2, 0) is 19.5 Å². The lowest BCUT2D eigenvalue weighted by atomic mass is 10.0. The summed E-state index contributed by atoms with van der Waals surface area (Å²) < 4.78 is 15.6. The van der Waals surface area contributed by atoms with E-state index in [-0.39, 0.29) is 11.7 Å². The third-order valence-corrected chi connectivity index (χ3v) is 4.99. The van der Waals surface area contributed by atoms with Crippen molar-refractivity contribution in [2.75, 3.05) is 6.54 Å². The third-order valence-electron chi connectivity index (χ3n) is 4.99. The minimum Gasteiger partial charge on any atom is -0.294 e. The Labute approximate surface area is 146 Å². The van der Waals surface area contributed by atoms with Gasteiger partial charge in [-0.25, -0.2) is 4.39 Å². The van der Waals surface area contributed by atoms with E-state index in [0.717, 1.165) is 48.2 Å². The molecule has 0 atom stereocenters. The molecule has 2 heterocycles. The molecule has 1 aliphatic rings. The van der Waals surface area contributed by atoms with Gasteiger partial charge in [0.1, 0.15) is 5.82 Å². The van der Waals surface area contributed by atoms with Gasteiger partial charge in [0.25, 0.3) is 0 Å². The molecule has 0 N–H and O–H groups in total. The number of halogens is 1. The normalized spacial score (nSPS) is 14.6. The first-order valence-corrected chi connectivity index (χ1v) is 8.78. The number of aromatic nitrogens is 1. The van der Waals surface area contributed by atoms with Gasteiger partial charge in [-0.1, -0.05) is 37.3 Å². The van der Waals surface area contributed by atoms with E-state index in [4.69, 9.17) is 0 Å². The molecule has 128 valence electrons. The lowest BCUT2D eigenvalue weighted by molar-refractivity contribution is 0.0908. The zero-order chi connectivity index (χ0) is 17.4. The van der Waals surface area contributed by atoms with Gasteiger partial charge < -0.3 is 0 Å². The number of carbonyl (C=O) groups is 1. The molecule has 0 radical (unpaired) electrons. The van der Waals surface area contributed by atoms with Crippen molar-refractivity contribution >= 4 is 16.8 Å². The lowest BCUT2D eigenvalue weighted by Gasteiger charge is -2.28. The molecule has 4 heteroatoms. The third kappa shape index (κ3) is 2.87. The predicted molar refractivity (Wildman–Crippen MR) is 97.1 cm³/mol. The number of fused-ring (bicyclic) bond motifs is 3. The van der Waals surface area contributed by atoms with E-state index in [2.05, 4.69) is 17.0 Å². The lowest BCUT2D eigenvalue weighted by Crippen LogP contribution is -2.31. The summed E-state index contributed by atoms with van der Waals surface area (Å²) in [4.78, 5) is 14.8. The predicted octanol–water partition coefficient (Wildman–Crippen LogP) is 4.39. The van der Waals surface area contributed by atoms with Crippen molar-refractivity contribution < 1.29 is 9.18 Å². The molecule has 25 heavy (non-hydrogen) atoms. The fourth-order valence-corrected chi connectivity index (χ4v) is 3.81. The van der Waals surface area contributed by atoms with Crippen molar-refractivity contribution in [2.24, 2.45) is 0 Å². The van der Waals surface area contributed by atoms with Gasteiger partial charge in [-0.2, -0.15) is 0 Å². The second kappa shape index (κ2) is 6.45. The maximum atomic E-state index is 13.8. The molecule has 0 aliphatic carbocycles. The van der Waals surface area contributed by atoms with Crippen LogP contribution in [-0.4, -0.2) is 21.9 Å². The Morgan fingerprint density at radius 2 is 1.96 bits per heavy atom. The maximum absolute atomic E-state index is 13.8.